The first kappa shape index (κ1) is 4.32. The van der Waals surface area contributed by atoms with E-state index < -0.39 is 0 Å². The molecular weight excluding hydrogens is 104 g/mol. The Hall–Kier alpha value is -0.570. The van der Waals surface area contributed by atoms with Gasteiger partial charge in [-0.05, 0) is 6.42 Å². The first-order valence-electron chi connectivity index (χ1n) is 2.90. The lowest BCUT2D eigenvalue weighted by Crippen LogP contribution is -2.68. The van der Waals surface area contributed by atoms with E-state index in [1.165, 1.54) is 0 Å². The van der Waals surface area contributed by atoms with Gasteiger partial charge < -0.3 is 10.6 Å². The third kappa shape index (κ3) is 0.395. The van der Waals surface area contributed by atoms with E-state index in [4.69, 9.17) is 0 Å². The molecule has 3 heteroatoms. The molecule has 0 aromatic carbocycles. The van der Waals surface area contributed by atoms with Crippen molar-refractivity contribution < 1.29 is 4.79 Å². The Kier molecular flexibility index (Phi) is 0.663. The minimum Gasteiger partial charge on any atom is -0.353 e. The molecule has 3 heterocycles. The number of nitrogens with one attached hydrogen (secondary N) is 2. The molecule has 3 nitrogen and oxygen atoms in total. The average Bonchev–Trinajstić information content (AvgIpc) is 1.62. The monoisotopic (exact) mass is 112 g/mol. The van der Waals surface area contributed by atoms with Gasteiger partial charge in [0.25, 0.3) is 0 Å². The normalized spacial score (nSPS) is 42.8. The van der Waals surface area contributed by atoms with Gasteiger partial charge in [-0.2, -0.15) is 0 Å². The van der Waals surface area contributed by atoms with E-state index in [2.05, 4.69) is 10.6 Å². The maximum atomic E-state index is 10.7. The number of hydrogen-bond acceptors (Lipinski definition) is 2. The number of piperidine rings is 1. The van der Waals surface area contributed by atoms with E-state index >= 15 is 0 Å². The zero-order valence-electron chi connectivity index (χ0n) is 4.48. The highest BCUT2D eigenvalue weighted by molar-refractivity contribution is 5.84. The lowest BCUT2D eigenvalue weighted by Gasteiger charge is -2.41. The molecule has 0 unspecified atom stereocenters. The van der Waals surface area contributed by atoms with Crippen molar-refractivity contribution in [3.63, 3.8) is 0 Å². The maximum absolute atomic E-state index is 10.7. The van der Waals surface area contributed by atoms with Gasteiger partial charge in [-0.3, -0.25) is 4.79 Å². The van der Waals surface area contributed by atoms with Crippen LogP contribution in [0.1, 0.15) is 6.42 Å². The van der Waals surface area contributed by atoms with E-state index in [1.807, 2.05) is 0 Å². The highest BCUT2D eigenvalue weighted by Gasteiger charge is 2.37. The Balaban J connectivity index is 2.10. The van der Waals surface area contributed by atoms with Crippen molar-refractivity contribution in [1.29, 1.82) is 0 Å². The summed E-state index contributed by atoms with van der Waals surface area (Å²) in [7, 11) is 0. The van der Waals surface area contributed by atoms with Gasteiger partial charge in [0, 0.05) is 12.6 Å². The summed E-state index contributed by atoms with van der Waals surface area (Å²) in [6.45, 7) is 0.829. The summed E-state index contributed by atoms with van der Waals surface area (Å²) in [5.74, 6) is 0.174. The van der Waals surface area contributed by atoms with Gasteiger partial charge in [-0.25, -0.2) is 0 Å². The standard InChI is InChI=1S/C5H8N2O/c8-5-4-1-3(7-4)2-6-5/h3-4,7H,1-2H2,(H,6,8)/t3-,4+/m0/s1. The number of carbonyl (C=O) groups excluding carboxylic acids is 1. The van der Waals surface area contributed by atoms with Crippen molar-refractivity contribution >= 4 is 5.91 Å². The molecule has 3 aliphatic rings. The first-order valence-corrected chi connectivity index (χ1v) is 2.90. The molecule has 2 bridgehead atoms. The molecule has 0 aromatic heterocycles. The summed E-state index contributed by atoms with van der Waals surface area (Å²) in [6, 6.07) is 0.728. The van der Waals surface area contributed by atoms with Crippen LogP contribution in [-0.4, -0.2) is 24.5 Å². The van der Waals surface area contributed by atoms with E-state index in [0.717, 1.165) is 13.0 Å². The zero-order valence-corrected chi connectivity index (χ0v) is 4.48. The molecule has 0 aliphatic carbocycles. The number of amides is 1. The third-order valence-electron chi connectivity index (χ3n) is 1.80. The van der Waals surface area contributed by atoms with Crippen LogP contribution in [0.15, 0.2) is 0 Å². The number of piperazine rings is 1. The molecule has 0 spiro atoms. The SMILES string of the molecule is O=C1NC[C@@H]2C[C@H]1N2. The van der Waals surface area contributed by atoms with Crippen LogP contribution < -0.4 is 10.6 Å². The molecule has 0 saturated carbocycles. The lowest BCUT2D eigenvalue weighted by atomic mass is 9.92. The predicted octanol–water partition coefficient (Wildman–Crippen LogP) is -1.15. The van der Waals surface area contributed by atoms with Gasteiger partial charge in [0.05, 0.1) is 6.04 Å². The van der Waals surface area contributed by atoms with Crippen LogP contribution in [0.3, 0.4) is 0 Å². The quantitative estimate of drug-likeness (QED) is 0.415. The van der Waals surface area contributed by atoms with Gasteiger partial charge >= 0.3 is 0 Å². The van der Waals surface area contributed by atoms with Crippen molar-refractivity contribution in [1.82, 2.24) is 10.6 Å². The second kappa shape index (κ2) is 1.23. The minimum atomic E-state index is 0.147. The van der Waals surface area contributed by atoms with Crippen molar-refractivity contribution in [2.75, 3.05) is 6.54 Å². The van der Waals surface area contributed by atoms with Crippen molar-refractivity contribution in [3.8, 4) is 0 Å². The number of fused-ring (bicyclic) bond motifs is 2. The van der Waals surface area contributed by atoms with Gasteiger partial charge in [-0.1, -0.05) is 0 Å². The Morgan fingerprint density at radius 2 is 2.38 bits per heavy atom. The lowest BCUT2D eigenvalue weighted by molar-refractivity contribution is -0.129. The first-order chi connectivity index (χ1) is 3.86. The van der Waals surface area contributed by atoms with Crippen LogP contribution in [0.5, 0.6) is 0 Å². The Bertz CT molecular complexity index is 126. The average molecular weight is 112 g/mol. The molecule has 3 rings (SSSR count). The molecule has 44 valence electrons. The zero-order chi connectivity index (χ0) is 5.56. The van der Waals surface area contributed by atoms with Crippen LogP contribution >= 0.6 is 0 Å². The number of hydrogen-bond donors (Lipinski definition) is 2. The largest absolute Gasteiger partial charge is 0.353 e. The van der Waals surface area contributed by atoms with Crippen LogP contribution in [0.2, 0.25) is 0 Å². The Labute approximate surface area is 47.4 Å². The summed E-state index contributed by atoms with van der Waals surface area (Å²) < 4.78 is 0. The summed E-state index contributed by atoms with van der Waals surface area (Å²) in [6.07, 6.45) is 1.05. The molecule has 0 radical (unpaired) electrons. The molecule has 2 atom stereocenters. The smallest absolute Gasteiger partial charge is 0.237 e. The minimum absolute atomic E-state index is 0.147. The maximum Gasteiger partial charge on any atom is 0.237 e. The Morgan fingerprint density at radius 3 is 2.62 bits per heavy atom. The van der Waals surface area contributed by atoms with Gasteiger partial charge in [0.1, 0.15) is 0 Å². The number of rotatable bonds is 0. The summed E-state index contributed by atoms with van der Waals surface area (Å²) >= 11 is 0. The fourth-order valence-corrected chi connectivity index (χ4v) is 1.22. The van der Waals surface area contributed by atoms with Gasteiger partial charge in [0.2, 0.25) is 5.91 Å². The van der Waals surface area contributed by atoms with Crippen LogP contribution in [0.4, 0.5) is 0 Å². The highest BCUT2D eigenvalue weighted by Crippen LogP contribution is 2.14. The molecule has 3 aliphatic heterocycles. The van der Waals surface area contributed by atoms with Crippen LogP contribution in [0, 0.1) is 0 Å². The fourth-order valence-electron chi connectivity index (χ4n) is 1.22. The molecule has 8 heavy (non-hydrogen) atoms. The van der Waals surface area contributed by atoms with Crippen molar-refractivity contribution in [2.45, 2.75) is 18.5 Å². The summed E-state index contributed by atoms with van der Waals surface area (Å²) in [5.41, 5.74) is 0. The molecule has 3 fully saturated rings. The van der Waals surface area contributed by atoms with E-state index in [0.29, 0.717) is 6.04 Å². The van der Waals surface area contributed by atoms with Crippen LogP contribution in [0.25, 0.3) is 0 Å². The molecule has 0 aromatic rings. The second-order valence-corrected chi connectivity index (χ2v) is 2.40. The topological polar surface area (TPSA) is 41.1 Å². The second-order valence-electron chi connectivity index (χ2n) is 2.40. The number of carbonyl (C=O) groups is 1. The fraction of sp³-hybridized carbons (Fsp3) is 0.800. The van der Waals surface area contributed by atoms with Crippen LogP contribution in [-0.2, 0) is 4.79 Å². The molecule has 3 saturated heterocycles. The van der Waals surface area contributed by atoms with Gasteiger partial charge in [0.15, 0.2) is 0 Å². The Morgan fingerprint density at radius 1 is 1.62 bits per heavy atom. The van der Waals surface area contributed by atoms with E-state index in [9.17, 15) is 4.79 Å². The van der Waals surface area contributed by atoms with Gasteiger partial charge in [-0.15, -0.1) is 0 Å². The van der Waals surface area contributed by atoms with Crippen molar-refractivity contribution in [2.24, 2.45) is 0 Å². The summed E-state index contributed by atoms with van der Waals surface area (Å²) in [5, 5.41) is 5.90. The molecule has 1 amide bonds. The van der Waals surface area contributed by atoms with E-state index in [1.54, 1.807) is 0 Å². The predicted molar refractivity (Wildman–Crippen MR) is 28.3 cm³/mol. The highest BCUT2D eigenvalue weighted by atomic mass is 16.2. The molecular formula is C5H8N2O. The third-order valence-corrected chi connectivity index (χ3v) is 1.80. The summed E-state index contributed by atoms with van der Waals surface area (Å²) in [4.78, 5) is 10.7. The van der Waals surface area contributed by atoms with Crippen molar-refractivity contribution in [3.05, 3.63) is 0 Å². The van der Waals surface area contributed by atoms with E-state index in [-0.39, 0.29) is 11.9 Å². The molecule has 2 N–H and O–H groups in total.